The van der Waals surface area contributed by atoms with E-state index in [0.717, 1.165) is 11.3 Å². The summed E-state index contributed by atoms with van der Waals surface area (Å²) in [5.74, 6) is 5.70. The SMILES string of the molecule is NNc1ccc(CCl)cc1. The van der Waals surface area contributed by atoms with Gasteiger partial charge >= 0.3 is 0 Å². The fourth-order valence-electron chi connectivity index (χ4n) is 0.690. The zero-order valence-corrected chi connectivity index (χ0v) is 6.23. The molecular formula is C7H9ClN2. The number of rotatable bonds is 2. The van der Waals surface area contributed by atoms with Crippen molar-refractivity contribution in [2.45, 2.75) is 5.88 Å². The molecule has 0 aromatic heterocycles. The first-order chi connectivity index (χ1) is 4.86. The van der Waals surface area contributed by atoms with Crippen molar-refractivity contribution in [1.82, 2.24) is 0 Å². The van der Waals surface area contributed by atoms with Gasteiger partial charge in [0, 0.05) is 11.6 Å². The van der Waals surface area contributed by atoms with E-state index >= 15 is 0 Å². The van der Waals surface area contributed by atoms with Crippen molar-refractivity contribution >= 4 is 17.3 Å². The van der Waals surface area contributed by atoms with Crippen LogP contribution in [0.3, 0.4) is 0 Å². The topological polar surface area (TPSA) is 38.0 Å². The number of hydrazine groups is 1. The molecule has 2 nitrogen and oxygen atoms in total. The van der Waals surface area contributed by atoms with Crippen LogP contribution in [0.1, 0.15) is 5.56 Å². The highest BCUT2D eigenvalue weighted by Crippen LogP contribution is 2.09. The van der Waals surface area contributed by atoms with Crippen molar-refractivity contribution in [2.75, 3.05) is 5.43 Å². The number of halogens is 1. The van der Waals surface area contributed by atoms with Crippen molar-refractivity contribution in [3.63, 3.8) is 0 Å². The van der Waals surface area contributed by atoms with Crippen LogP contribution in [-0.2, 0) is 5.88 Å². The number of benzene rings is 1. The third-order valence-corrected chi connectivity index (χ3v) is 1.58. The van der Waals surface area contributed by atoms with Gasteiger partial charge in [0.05, 0.1) is 0 Å². The van der Waals surface area contributed by atoms with Gasteiger partial charge in [-0.25, -0.2) is 0 Å². The predicted molar refractivity (Wildman–Crippen MR) is 43.8 cm³/mol. The van der Waals surface area contributed by atoms with E-state index in [1.807, 2.05) is 24.3 Å². The zero-order chi connectivity index (χ0) is 7.40. The molecule has 0 aliphatic heterocycles. The Balaban J connectivity index is 2.80. The predicted octanol–water partition coefficient (Wildman–Crippen LogP) is 1.71. The number of nitrogen functional groups attached to an aromatic ring is 1. The normalized spacial score (nSPS) is 9.40. The fraction of sp³-hybridized carbons (Fsp3) is 0.143. The van der Waals surface area contributed by atoms with E-state index in [9.17, 15) is 0 Å². The fourth-order valence-corrected chi connectivity index (χ4v) is 0.868. The minimum absolute atomic E-state index is 0.546. The first-order valence-electron chi connectivity index (χ1n) is 2.98. The van der Waals surface area contributed by atoms with Crippen LogP contribution in [0.15, 0.2) is 24.3 Å². The first kappa shape index (κ1) is 7.38. The summed E-state index contributed by atoms with van der Waals surface area (Å²) in [7, 11) is 0. The summed E-state index contributed by atoms with van der Waals surface area (Å²) in [4.78, 5) is 0. The molecule has 0 bridgehead atoms. The molecule has 0 fully saturated rings. The third-order valence-electron chi connectivity index (χ3n) is 1.27. The summed E-state index contributed by atoms with van der Waals surface area (Å²) in [5, 5.41) is 0. The maximum absolute atomic E-state index is 5.57. The Hall–Kier alpha value is -0.730. The van der Waals surface area contributed by atoms with Gasteiger partial charge in [0.25, 0.3) is 0 Å². The van der Waals surface area contributed by atoms with E-state index in [0.29, 0.717) is 5.88 Å². The quantitative estimate of drug-likeness (QED) is 0.389. The van der Waals surface area contributed by atoms with E-state index in [2.05, 4.69) is 5.43 Å². The first-order valence-corrected chi connectivity index (χ1v) is 3.52. The van der Waals surface area contributed by atoms with Gasteiger partial charge in [-0.05, 0) is 17.7 Å². The standard InChI is InChI=1S/C7H9ClN2/c8-5-6-1-3-7(10-9)4-2-6/h1-4,10H,5,9H2. The molecule has 54 valence electrons. The summed E-state index contributed by atoms with van der Waals surface area (Å²) < 4.78 is 0. The van der Waals surface area contributed by atoms with Crippen molar-refractivity contribution in [1.29, 1.82) is 0 Å². The van der Waals surface area contributed by atoms with Gasteiger partial charge in [-0.15, -0.1) is 11.6 Å². The lowest BCUT2D eigenvalue weighted by atomic mass is 10.2. The molecule has 0 aliphatic carbocycles. The molecule has 3 heteroatoms. The molecule has 0 saturated heterocycles. The van der Waals surface area contributed by atoms with E-state index in [1.54, 1.807) is 0 Å². The van der Waals surface area contributed by atoms with Gasteiger partial charge < -0.3 is 5.43 Å². The Bertz CT molecular complexity index is 172. The van der Waals surface area contributed by atoms with Gasteiger partial charge in [0.1, 0.15) is 0 Å². The largest absolute Gasteiger partial charge is 0.324 e. The molecule has 1 aromatic rings. The minimum Gasteiger partial charge on any atom is -0.324 e. The van der Waals surface area contributed by atoms with Gasteiger partial charge in [-0.1, -0.05) is 12.1 Å². The second kappa shape index (κ2) is 3.44. The van der Waals surface area contributed by atoms with E-state index in [4.69, 9.17) is 17.4 Å². The number of anilines is 1. The summed E-state index contributed by atoms with van der Waals surface area (Å²) in [5.41, 5.74) is 4.53. The summed E-state index contributed by atoms with van der Waals surface area (Å²) in [6.07, 6.45) is 0. The van der Waals surface area contributed by atoms with E-state index < -0.39 is 0 Å². The van der Waals surface area contributed by atoms with Crippen LogP contribution in [-0.4, -0.2) is 0 Å². The van der Waals surface area contributed by atoms with Crippen LogP contribution >= 0.6 is 11.6 Å². The van der Waals surface area contributed by atoms with Gasteiger partial charge in [-0.2, -0.15) is 0 Å². The maximum Gasteiger partial charge on any atom is 0.0485 e. The van der Waals surface area contributed by atoms with Gasteiger partial charge in [0.2, 0.25) is 0 Å². The highest BCUT2D eigenvalue weighted by atomic mass is 35.5. The Morgan fingerprint density at radius 2 is 1.90 bits per heavy atom. The second-order valence-electron chi connectivity index (χ2n) is 1.97. The Morgan fingerprint density at radius 3 is 2.30 bits per heavy atom. The highest BCUT2D eigenvalue weighted by molar-refractivity contribution is 6.17. The summed E-state index contributed by atoms with van der Waals surface area (Å²) >= 11 is 5.57. The molecule has 0 amide bonds. The Morgan fingerprint density at radius 1 is 1.30 bits per heavy atom. The highest BCUT2D eigenvalue weighted by Gasteiger charge is 1.88. The van der Waals surface area contributed by atoms with E-state index in [-0.39, 0.29) is 0 Å². The van der Waals surface area contributed by atoms with Gasteiger partial charge in [0.15, 0.2) is 0 Å². The summed E-state index contributed by atoms with van der Waals surface area (Å²) in [6.45, 7) is 0. The minimum atomic E-state index is 0.546. The molecule has 0 heterocycles. The van der Waals surface area contributed by atoms with Crippen LogP contribution in [0, 0.1) is 0 Å². The van der Waals surface area contributed by atoms with Crippen LogP contribution in [0.25, 0.3) is 0 Å². The van der Waals surface area contributed by atoms with Crippen LogP contribution in [0.2, 0.25) is 0 Å². The number of nitrogens with one attached hydrogen (secondary N) is 1. The molecule has 0 atom stereocenters. The van der Waals surface area contributed by atoms with Crippen molar-refractivity contribution < 1.29 is 0 Å². The monoisotopic (exact) mass is 156 g/mol. The average molecular weight is 157 g/mol. The number of hydrogen-bond acceptors (Lipinski definition) is 2. The molecule has 1 rings (SSSR count). The van der Waals surface area contributed by atoms with Crippen LogP contribution in [0.4, 0.5) is 5.69 Å². The number of hydrogen-bond donors (Lipinski definition) is 2. The van der Waals surface area contributed by atoms with Crippen molar-refractivity contribution in [3.05, 3.63) is 29.8 Å². The molecule has 0 aliphatic rings. The maximum atomic E-state index is 5.57. The molecule has 0 radical (unpaired) electrons. The zero-order valence-electron chi connectivity index (χ0n) is 5.47. The molecule has 0 unspecified atom stereocenters. The van der Waals surface area contributed by atoms with E-state index in [1.165, 1.54) is 0 Å². The lowest BCUT2D eigenvalue weighted by Crippen LogP contribution is -2.06. The smallest absolute Gasteiger partial charge is 0.0485 e. The Kier molecular flexibility index (Phi) is 2.54. The van der Waals surface area contributed by atoms with Crippen molar-refractivity contribution in [3.8, 4) is 0 Å². The molecular weight excluding hydrogens is 148 g/mol. The molecule has 0 saturated carbocycles. The lowest BCUT2D eigenvalue weighted by Gasteiger charge is -1.98. The van der Waals surface area contributed by atoms with Crippen molar-refractivity contribution in [2.24, 2.45) is 5.84 Å². The molecule has 3 N–H and O–H groups in total. The second-order valence-corrected chi connectivity index (χ2v) is 2.24. The summed E-state index contributed by atoms with van der Waals surface area (Å²) in [6, 6.07) is 7.64. The average Bonchev–Trinajstić information content (AvgIpc) is 2.05. The molecule has 0 spiro atoms. The molecule has 10 heavy (non-hydrogen) atoms. The third kappa shape index (κ3) is 1.62. The van der Waals surface area contributed by atoms with Crippen LogP contribution < -0.4 is 11.3 Å². The Labute approximate surface area is 65.0 Å². The number of nitrogens with two attached hydrogens (primary N) is 1. The van der Waals surface area contributed by atoms with Gasteiger partial charge in [-0.3, -0.25) is 5.84 Å². The number of alkyl halides is 1. The molecule has 1 aromatic carbocycles. The lowest BCUT2D eigenvalue weighted by molar-refractivity contribution is 1.33. The van der Waals surface area contributed by atoms with Crippen LogP contribution in [0.5, 0.6) is 0 Å².